The second-order valence-electron chi connectivity index (χ2n) is 5.43. The number of hydrogen-bond donors (Lipinski definition) is 1. The van der Waals surface area contributed by atoms with Crippen LogP contribution < -0.4 is 5.32 Å². The van der Waals surface area contributed by atoms with Gasteiger partial charge in [0.2, 0.25) is 5.91 Å². The third kappa shape index (κ3) is 5.09. The van der Waals surface area contributed by atoms with Gasteiger partial charge in [0.25, 0.3) is 5.91 Å². The fourth-order valence-corrected chi connectivity index (χ4v) is 2.51. The standard InChI is InChI=1S/C17H22N2O4/c1-2-23-16(21)9-8-15(20)18-14-7-5-6-13(12-14)17(22)19-10-3-4-11-19/h5-7,12H,2-4,8-11H2,1H3,(H,18,20). The molecule has 0 saturated carbocycles. The highest BCUT2D eigenvalue weighted by Gasteiger charge is 2.19. The first-order chi connectivity index (χ1) is 11.1. The minimum Gasteiger partial charge on any atom is -0.466 e. The van der Waals surface area contributed by atoms with Gasteiger partial charge in [-0.15, -0.1) is 0 Å². The summed E-state index contributed by atoms with van der Waals surface area (Å²) < 4.78 is 4.78. The van der Waals surface area contributed by atoms with Gasteiger partial charge in [0.05, 0.1) is 13.0 Å². The molecule has 1 aromatic rings. The summed E-state index contributed by atoms with van der Waals surface area (Å²) in [6.07, 6.45) is 2.18. The zero-order valence-corrected chi connectivity index (χ0v) is 13.3. The lowest BCUT2D eigenvalue weighted by atomic mass is 10.1. The van der Waals surface area contributed by atoms with E-state index in [1.807, 2.05) is 4.90 Å². The Bertz CT molecular complexity index is 580. The van der Waals surface area contributed by atoms with Crippen molar-refractivity contribution in [3.05, 3.63) is 29.8 Å². The smallest absolute Gasteiger partial charge is 0.306 e. The van der Waals surface area contributed by atoms with Crippen LogP contribution in [0.15, 0.2) is 24.3 Å². The molecule has 0 atom stereocenters. The average Bonchev–Trinajstić information content (AvgIpc) is 3.07. The van der Waals surface area contributed by atoms with Gasteiger partial charge in [-0.3, -0.25) is 14.4 Å². The van der Waals surface area contributed by atoms with E-state index in [4.69, 9.17) is 4.74 Å². The Morgan fingerprint density at radius 1 is 1.17 bits per heavy atom. The summed E-state index contributed by atoms with van der Waals surface area (Å²) in [5.41, 5.74) is 1.12. The van der Waals surface area contributed by atoms with Crippen LogP contribution in [-0.2, 0) is 14.3 Å². The predicted molar refractivity (Wildman–Crippen MR) is 86.1 cm³/mol. The zero-order valence-electron chi connectivity index (χ0n) is 13.3. The molecule has 1 aliphatic rings. The quantitative estimate of drug-likeness (QED) is 0.816. The van der Waals surface area contributed by atoms with E-state index < -0.39 is 0 Å². The van der Waals surface area contributed by atoms with Crippen molar-refractivity contribution in [2.75, 3.05) is 25.0 Å². The molecule has 6 heteroatoms. The number of benzene rings is 1. The van der Waals surface area contributed by atoms with Gasteiger partial charge in [0.15, 0.2) is 0 Å². The molecular weight excluding hydrogens is 296 g/mol. The normalized spacial score (nSPS) is 13.7. The fraction of sp³-hybridized carbons (Fsp3) is 0.471. The number of carbonyl (C=O) groups is 3. The Hall–Kier alpha value is -2.37. The second-order valence-corrected chi connectivity index (χ2v) is 5.43. The van der Waals surface area contributed by atoms with Crippen LogP contribution in [0.2, 0.25) is 0 Å². The van der Waals surface area contributed by atoms with Gasteiger partial charge in [-0.05, 0) is 38.0 Å². The number of nitrogens with zero attached hydrogens (tertiary/aromatic N) is 1. The van der Waals surface area contributed by atoms with Gasteiger partial charge < -0.3 is 15.0 Å². The van der Waals surface area contributed by atoms with Crippen LogP contribution in [0.4, 0.5) is 5.69 Å². The summed E-state index contributed by atoms with van der Waals surface area (Å²) in [5, 5.41) is 2.71. The van der Waals surface area contributed by atoms with Crippen LogP contribution in [0.5, 0.6) is 0 Å². The summed E-state index contributed by atoms with van der Waals surface area (Å²) >= 11 is 0. The summed E-state index contributed by atoms with van der Waals surface area (Å²) in [6.45, 7) is 3.60. The van der Waals surface area contributed by atoms with Crippen molar-refractivity contribution in [2.24, 2.45) is 0 Å². The monoisotopic (exact) mass is 318 g/mol. The van der Waals surface area contributed by atoms with Gasteiger partial charge in [0, 0.05) is 30.8 Å². The molecule has 0 bridgehead atoms. The first-order valence-corrected chi connectivity index (χ1v) is 7.95. The molecule has 1 fully saturated rings. The Morgan fingerprint density at radius 3 is 2.61 bits per heavy atom. The highest BCUT2D eigenvalue weighted by atomic mass is 16.5. The van der Waals surface area contributed by atoms with E-state index in [9.17, 15) is 14.4 Å². The van der Waals surface area contributed by atoms with Crippen molar-refractivity contribution < 1.29 is 19.1 Å². The number of hydrogen-bond acceptors (Lipinski definition) is 4. The molecule has 0 unspecified atom stereocenters. The van der Waals surface area contributed by atoms with Gasteiger partial charge in [0.1, 0.15) is 0 Å². The molecule has 1 N–H and O–H groups in total. The maximum absolute atomic E-state index is 12.3. The number of likely N-dealkylation sites (tertiary alicyclic amines) is 1. The van der Waals surface area contributed by atoms with Gasteiger partial charge in [-0.1, -0.05) is 6.07 Å². The van der Waals surface area contributed by atoms with Crippen molar-refractivity contribution in [1.82, 2.24) is 4.90 Å². The molecule has 23 heavy (non-hydrogen) atoms. The summed E-state index contributed by atoms with van der Waals surface area (Å²) in [7, 11) is 0. The minimum atomic E-state index is -0.388. The first kappa shape index (κ1) is 17.0. The Labute approximate surface area is 135 Å². The van der Waals surface area contributed by atoms with Crippen LogP contribution in [0.1, 0.15) is 43.0 Å². The lowest BCUT2D eigenvalue weighted by Crippen LogP contribution is -2.27. The van der Waals surface area contributed by atoms with Crippen molar-refractivity contribution in [3.63, 3.8) is 0 Å². The van der Waals surface area contributed by atoms with Crippen molar-refractivity contribution >= 4 is 23.5 Å². The molecule has 1 aliphatic heterocycles. The Kier molecular flexibility index (Phi) is 6.14. The predicted octanol–water partition coefficient (Wildman–Crippen LogP) is 2.20. The van der Waals surface area contributed by atoms with Gasteiger partial charge in [-0.2, -0.15) is 0 Å². The van der Waals surface area contributed by atoms with Crippen LogP contribution in [0.3, 0.4) is 0 Å². The molecule has 6 nitrogen and oxygen atoms in total. The molecule has 1 heterocycles. The van der Waals surface area contributed by atoms with Gasteiger partial charge >= 0.3 is 5.97 Å². The topological polar surface area (TPSA) is 75.7 Å². The third-order valence-electron chi connectivity index (χ3n) is 3.65. The van der Waals surface area contributed by atoms with Crippen molar-refractivity contribution in [1.29, 1.82) is 0 Å². The fourth-order valence-electron chi connectivity index (χ4n) is 2.51. The van der Waals surface area contributed by atoms with Crippen molar-refractivity contribution in [2.45, 2.75) is 32.6 Å². The number of nitrogens with one attached hydrogen (secondary N) is 1. The van der Waals surface area contributed by atoms with E-state index in [0.29, 0.717) is 17.9 Å². The number of anilines is 1. The Balaban J connectivity index is 1.90. The van der Waals surface area contributed by atoms with E-state index in [0.717, 1.165) is 25.9 Å². The summed E-state index contributed by atoms with van der Waals surface area (Å²) in [4.78, 5) is 37.2. The lowest BCUT2D eigenvalue weighted by molar-refractivity contribution is -0.144. The first-order valence-electron chi connectivity index (χ1n) is 7.95. The summed E-state index contributed by atoms with van der Waals surface area (Å²) in [6, 6.07) is 6.88. The second kappa shape index (κ2) is 8.31. The highest BCUT2D eigenvalue weighted by molar-refractivity contribution is 5.97. The number of carbonyl (C=O) groups excluding carboxylic acids is 3. The number of ether oxygens (including phenoxy) is 1. The zero-order chi connectivity index (χ0) is 16.7. The largest absolute Gasteiger partial charge is 0.466 e. The van der Waals surface area contributed by atoms with E-state index in [-0.39, 0.29) is 30.6 Å². The Morgan fingerprint density at radius 2 is 1.91 bits per heavy atom. The molecule has 124 valence electrons. The van der Waals surface area contributed by atoms with Crippen LogP contribution in [0, 0.1) is 0 Å². The van der Waals surface area contributed by atoms with Crippen LogP contribution in [0.25, 0.3) is 0 Å². The molecule has 2 amide bonds. The third-order valence-corrected chi connectivity index (χ3v) is 3.65. The molecule has 2 rings (SSSR count). The molecule has 0 aromatic heterocycles. The average molecular weight is 318 g/mol. The molecule has 1 aromatic carbocycles. The number of esters is 1. The minimum absolute atomic E-state index is 0.00915. The lowest BCUT2D eigenvalue weighted by Gasteiger charge is -2.15. The van der Waals surface area contributed by atoms with Gasteiger partial charge in [-0.25, -0.2) is 0 Å². The molecule has 0 radical (unpaired) electrons. The van der Waals surface area contributed by atoms with E-state index in [2.05, 4.69) is 5.32 Å². The van der Waals surface area contributed by atoms with E-state index >= 15 is 0 Å². The SMILES string of the molecule is CCOC(=O)CCC(=O)Nc1cccc(C(=O)N2CCCC2)c1. The highest BCUT2D eigenvalue weighted by Crippen LogP contribution is 2.16. The maximum Gasteiger partial charge on any atom is 0.306 e. The van der Waals surface area contributed by atoms with Crippen LogP contribution >= 0.6 is 0 Å². The van der Waals surface area contributed by atoms with E-state index in [1.165, 1.54) is 0 Å². The van der Waals surface area contributed by atoms with E-state index in [1.54, 1.807) is 31.2 Å². The number of amides is 2. The maximum atomic E-state index is 12.3. The molecular formula is C17H22N2O4. The summed E-state index contributed by atoms with van der Waals surface area (Å²) in [5.74, 6) is -0.672. The van der Waals surface area contributed by atoms with Crippen molar-refractivity contribution in [3.8, 4) is 0 Å². The molecule has 0 aliphatic carbocycles. The molecule has 0 spiro atoms. The molecule has 1 saturated heterocycles. The number of rotatable bonds is 6. The van der Waals surface area contributed by atoms with Crippen LogP contribution in [-0.4, -0.2) is 42.4 Å².